The van der Waals surface area contributed by atoms with Crippen LogP contribution in [0.25, 0.3) is 0 Å². The van der Waals surface area contributed by atoms with Gasteiger partial charge in [-0.2, -0.15) is 0 Å². The van der Waals surface area contributed by atoms with Gasteiger partial charge in [-0.1, -0.05) is 35.3 Å². The van der Waals surface area contributed by atoms with Crippen molar-refractivity contribution in [2.75, 3.05) is 31.5 Å². The van der Waals surface area contributed by atoms with Crippen LogP contribution in [0.1, 0.15) is 18.4 Å². The molecule has 0 bridgehead atoms. The number of benzene rings is 1. The molecule has 138 valence electrons. The molecule has 0 atom stereocenters. The lowest BCUT2D eigenvalue weighted by Gasteiger charge is -2.26. The average Bonchev–Trinajstić information content (AvgIpc) is 3.15. The zero-order valence-corrected chi connectivity index (χ0v) is 16.0. The first-order valence-corrected chi connectivity index (χ1v) is 9.50. The Morgan fingerprint density at radius 3 is 2.58 bits per heavy atom. The van der Waals surface area contributed by atoms with E-state index in [4.69, 9.17) is 23.2 Å². The molecule has 0 aliphatic carbocycles. The second-order valence-electron chi connectivity index (χ2n) is 6.37. The van der Waals surface area contributed by atoms with E-state index in [9.17, 15) is 4.79 Å². The number of hydrogen-bond donors (Lipinski definition) is 1. The van der Waals surface area contributed by atoms with E-state index in [2.05, 4.69) is 15.2 Å². The number of anilines is 1. The molecule has 2 amide bonds. The minimum absolute atomic E-state index is 0.186. The fourth-order valence-corrected chi connectivity index (χ4v) is 3.30. The normalized spacial score (nSPS) is 14.4. The van der Waals surface area contributed by atoms with Crippen LogP contribution in [-0.2, 0) is 6.54 Å². The molecule has 1 fully saturated rings. The summed E-state index contributed by atoms with van der Waals surface area (Å²) in [5.74, 6) is 0. The molecular formula is C19H22Cl2N4O. The molecule has 1 aromatic heterocycles. The third-order valence-corrected chi connectivity index (χ3v) is 5.01. The predicted molar refractivity (Wildman–Crippen MR) is 106 cm³/mol. The second-order valence-corrected chi connectivity index (χ2v) is 7.16. The highest BCUT2D eigenvalue weighted by atomic mass is 35.5. The summed E-state index contributed by atoms with van der Waals surface area (Å²) in [5.41, 5.74) is 1.55. The zero-order chi connectivity index (χ0) is 18.4. The quantitative estimate of drug-likeness (QED) is 0.735. The number of pyridine rings is 1. The Labute approximate surface area is 163 Å². The molecule has 1 N–H and O–H groups in total. The molecule has 2 aromatic rings. The smallest absolute Gasteiger partial charge is 0.319 e. The van der Waals surface area contributed by atoms with E-state index >= 15 is 0 Å². The summed E-state index contributed by atoms with van der Waals surface area (Å²) in [4.78, 5) is 21.0. The van der Waals surface area contributed by atoms with Crippen molar-refractivity contribution in [1.82, 2.24) is 14.8 Å². The van der Waals surface area contributed by atoms with Gasteiger partial charge in [-0.05, 0) is 55.8 Å². The predicted octanol–water partition coefficient (Wildman–Crippen LogP) is 4.52. The van der Waals surface area contributed by atoms with Gasteiger partial charge in [0.1, 0.15) is 0 Å². The maximum absolute atomic E-state index is 12.8. The Bertz CT molecular complexity index is 733. The van der Waals surface area contributed by atoms with Gasteiger partial charge < -0.3 is 15.1 Å². The van der Waals surface area contributed by atoms with Crippen LogP contribution in [0.2, 0.25) is 10.2 Å². The molecule has 26 heavy (non-hydrogen) atoms. The molecule has 2 heterocycles. The minimum atomic E-state index is -0.186. The van der Waals surface area contributed by atoms with Gasteiger partial charge in [-0.15, -0.1) is 0 Å². The minimum Gasteiger partial charge on any atom is -0.319 e. The molecule has 7 heteroatoms. The molecule has 5 nitrogen and oxygen atoms in total. The molecule has 0 unspecified atom stereocenters. The van der Waals surface area contributed by atoms with E-state index in [1.807, 2.05) is 24.3 Å². The van der Waals surface area contributed by atoms with Crippen LogP contribution in [0.15, 0.2) is 42.6 Å². The van der Waals surface area contributed by atoms with Gasteiger partial charge >= 0.3 is 6.03 Å². The van der Waals surface area contributed by atoms with Crippen LogP contribution < -0.4 is 5.32 Å². The molecule has 1 saturated heterocycles. The van der Waals surface area contributed by atoms with Crippen molar-refractivity contribution >= 4 is 34.9 Å². The van der Waals surface area contributed by atoms with Crippen LogP contribution in [0, 0.1) is 0 Å². The lowest BCUT2D eigenvalue weighted by atomic mass is 10.2. The fourth-order valence-electron chi connectivity index (χ4n) is 3.00. The highest BCUT2D eigenvalue weighted by Crippen LogP contribution is 2.19. The van der Waals surface area contributed by atoms with Crippen LogP contribution in [0.3, 0.4) is 0 Å². The van der Waals surface area contributed by atoms with Gasteiger partial charge in [-0.3, -0.25) is 0 Å². The first kappa shape index (κ1) is 19.0. The number of likely N-dealkylation sites (tertiary alicyclic amines) is 1. The maximum atomic E-state index is 12.8. The standard InChI is InChI=1S/C19H22Cl2N4O/c20-16-7-5-15(6-8-16)14-25(13-12-24-10-1-2-11-24)19(26)23-17-4-3-9-22-18(17)21/h3-9H,1-2,10-14H2,(H,23,26). The molecule has 0 radical (unpaired) electrons. The zero-order valence-electron chi connectivity index (χ0n) is 14.5. The Morgan fingerprint density at radius 2 is 1.88 bits per heavy atom. The number of carbonyl (C=O) groups is 1. The van der Waals surface area contributed by atoms with Crippen molar-refractivity contribution < 1.29 is 4.79 Å². The number of nitrogens with one attached hydrogen (secondary N) is 1. The van der Waals surface area contributed by atoms with Crippen molar-refractivity contribution in [2.45, 2.75) is 19.4 Å². The van der Waals surface area contributed by atoms with Gasteiger partial charge in [0.15, 0.2) is 5.15 Å². The third kappa shape index (κ3) is 5.34. The third-order valence-electron chi connectivity index (χ3n) is 4.46. The van der Waals surface area contributed by atoms with Crippen molar-refractivity contribution in [3.8, 4) is 0 Å². The summed E-state index contributed by atoms with van der Waals surface area (Å²) >= 11 is 12.0. The number of nitrogens with zero attached hydrogens (tertiary/aromatic N) is 3. The molecule has 1 aromatic carbocycles. The van der Waals surface area contributed by atoms with Gasteiger partial charge in [0, 0.05) is 30.9 Å². The van der Waals surface area contributed by atoms with Gasteiger partial charge in [0.25, 0.3) is 0 Å². The number of urea groups is 1. The monoisotopic (exact) mass is 392 g/mol. The van der Waals surface area contributed by atoms with Crippen LogP contribution in [-0.4, -0.2) is 47.0 Å². The molecule has 0 saturated carbocycles. The van der Waals surface area contributed by atoms with Gasteiger partial charge in [0.2, 0.25) is 0 Å². The maximum Gasteiger partial charge on any atom is 0.322 e. The van der Waals surface area contributed by atoms with Crippen molar-refractivity contribution in [3.63, 3.8) is 0 Å². The Morgan fingerprint density at radius 1 is 1.15 bits per heavy atom. The van der Waals surface area contributed by atoms with E-state index in [-0.39, 0.29) is 11.2 Å². The highest BCUT2D eigenvalue weighted by molar-refractivity contribution is 6.32. The lowest BCUT2D eigenvalue weighted by molar-refractivity contribution is 0.198. The van der Waals surface area contributed by atoms with Crippen molar-refractivity contribution in [2.24, 2.45) is 0 Å². The fraction of sp³-hybridized carbons (Fsp3) is 0.368. The topological polar surface area (TPSA) is 48.5 Å². The first-order chi connectivity index (χ1) is 12.6. The highest BCUT2D eigenvalue weighted by Gasteiger charge is 2.18. The van der Waals surface area contributed by atoms with Gasteiger partial charge in [0.05, 0.1) is 5.69 Å². The van der Waals surface area contributed by atoms with Crippen LogP contribution in [0.4, 0.5) is 10.5 Å². The summed E-state index contributed by atoms with van der Waals surface area (Å²) < 4.78 is 0. The Balaban J connectivity index is 1.68. The number of carbonyl (C=O) groups excluding carboxylic acids is 1. The van der Waals surface area contributed by atoms with E-state index in [0.717, 1.165) is 25.2 Å². The molecule has 1 aliphatic rings. The van der Waals surface area contributed by atoms with Crippen molar-refractivity contribution in [1.29, 1.82) is 0 Å². The van der Waals surface area contributed by atoms with E-state index in [1.165, 1.54) is 12.8 Å². The summed E-state index contributed by atoms with van der Waals surface area (Å²) in [6.45, 7) is 4.22. The summed E-state index contributed by atoms with van der Waals surface area (Å²) in [7, 11) is 0. The van der Waals surface area contributed by atoms with Crippen LogP contribution in [0.5, 0.6) is 0 Å². The van der Waals surface area contributed by atoms with E-state index in [1.54, 1.807) is 23.2 Å². The average molecular weight is 393 g/mol. The summed E-state index contributed by atoms with van der Waals surface area (Å²) in [6, 6.07) is 10.9. The largest absolute Gasteiger partial charge is 0.322 e. The molecule has 3 rings (SSSR count). The van der Waals surface area contributed by atoms with E-state index in [0.29, 0.717) is 23.8 Å². The van der Waals surface area contributed by atoms with Gasteiger partial charge in [-0.25, -0.2) is 9.78 Å². The molecule has 0 spiro atoms. The first-order valence-electron chi connectivity index (χ1n) is 8.75. The molecular weight excluding hydrogens is 371 g/mol. The lowest BCUT2D eigenvalue weighted by Crippen LogP contribution is -2.40. The van der Waals surface area contributed by atoms with Crippen LogP contribution >= 0.6 is 23.2 Å². The summed E-state index contributed by atoms with van der Waals surface area (Å²) in [5, 5.41) is 3.83. The SMILES string of the molecule is O=C(Nc1cccnc1Cl)N(CCN1CCCC1)Cc1ccc(Cl)cc1. The second kappa shape index (κ2) is 9.21. The Hall–Kier alpha value is -1.82. The number of rotatable bonds is 6. The number of aromatic nitrogens is 1. The number of hydrogen-bond acceptors (Lipinski definition) is 3. The summed E-state index contributed by atoms with van der Waals surface area (Å²) in [6.07, 6.45) is 4.06. The Kier molecular flexibility index (Phi) is 6.72. The van der Waals surface area contributed by atoms with E-state index < -0.39 is 0 Å². The van der Waals surface area contributed by atoms with Crippen molar-refractivity contribution in [3.05, 3.63) is 58.3 Å². The molecule has 1 aliphatic heterocycles. The number of halogens is 2. The number of amides is 2.